The fourth-order valence-electron chi connectivity index (χ4n) is 1.92. The second kappa shape index (κ2) is 6.46. The number of alkyl halides is 1. The van der Waals surface area contributed by atoms with Crippen LogP contribution in [0.4, 0.5) is 0 Å². The minimum absolute atomic E-state index is 0. The molecule has 5 heteroatoms. The molecule has 0 aliphatic rings. The van der Waals surface area contributed by atoms with Crippen LogP contribution in [0.5, 0.6) is 5.75 Å². The predicted molar refractivity (Wildman–Crippen MR) is 79.7 cm³/mol. The van der Waals surface area contributed by atoms with E-state index >= 15 is 0 Å². The average Bonchev–Trinajstić information content (AvgIpc) is 2.34. The third-order valence-electron chi connectivity index (χ3n) is 2.78. The number of benzene rings is 1. The molecule has 1 aromatic carbocycles. The van der Waals surface area contributed by atoms with E-state index in [-0.39, 0.29) is 12.4 Å². The van der Waals surface area contributed by atoms with Gasteiger partial charge < -0.3 is 4.74 Å². The fraction of sp³-hybridized carbons (Fsp3) is 0.308. The number of para-hydroxylation sites is 1. The normalized spacial score (nSPS) is 10.2. The van der Waals surface area contributed by atoms with Crippen LogP contribution >= 0.6 is 35.6 Å². The summed E-state index contributed by atoms with van der Waals surface area (Å²) in [5.41, 5.74) is 2.73. The minimum atomic E-state index is 0. The molecule has 0 aliphatic heterocycles. The maximum absolute atomic E-state index is 6.40. The highest BCUT2D eigenvalue weighted by Crippen LogP contribution is 2.33. The number of halogens is 3. The molecule has 0 radical (unpaired) electrons. The van der Waals surface area contributed by atoms with Gasteiger partial charge in [-0.05, 0) is 25.0 Å². The first-order valence-electron chi connectivity index (χ1n) is 5.36. The van der Waals surface area contributed by atoms with E-state index in [1.54, 1.807) is 7.11 Å². The topological polar surface area (TPSA) is 22.1 Å². The third-order valence-corrected chi connectivity index (χ3v) is 3.40. The molecule has 0 unspecified atom stereocenters. The van der Waals surface area contributed by atoms with E-state index in [0.717, 1.165) is 39.4 Å². The van der Waals surface area contributed by atoms with Gasteiger partial charge in [-0.2, -0.15) is 0 Å². The SMILES string of the molecule is COc1cccc2c(Cl)c(CCCl)c(C)nc12.Cl. The molecule has 0 bridgehead atoms. The summed E-state index contributed by atoms with van der Waals surface area (Å²) in [5, 5.41) is 1.64. The van der Waals surface area contributed by atoms with Gasteiger partial charge in [0.1, 0.15) is 11.3 Å². The minimum Gasteiger partial charge on any atom is -0.494 e. The molecule has 2 nitrogen and oxygen atoms in total. The van der Waals surface area contributed by atoms with Gasteiger partial charge in [0.25, 0.3) is 0 Å². The van der Waals surface area contributed by atoms with Gasteiger partial charge in [-0.1, -0.05) is 23.7 Å². The van der Waals surface area contributed by atoms with Crippen molar-refractivity contribution in [2.75, 3.05) is 13.0 Å². The smallest absolute Gasteiger partial charge is 0.145 e. The van der Waals surface area contributed by atoms with Gasteiger partial charge in [0.2, 0.25) is 0 Å². The zero-order valence-electron chi connectivity index (χ0n) is 10.2. The van der Waals surface area contributed by atoms with Gasteiger partial charge in [-0.25, -0.2) is 4.98 Å². The Bertz CT molecular complexity index is 557. The van der Waals surface area contributed by atoms with Gasteiger partial charge in [-0.3, -0.25) is 0 Å². The molecule has 0 saturated heterocycles. The number of hydrogen-bond acceptors (Lipinski definition) is 2. The Morgan fingerprint density at radius 2 is 2.06 bits per heavy atom. The van der Waals surface area contributed by atoms with Crippen molar-refractivity contribution in [2.24, 2.45) is 0 Å². The van der Waals surface area contributed by atoms with E-state index in [2.05, 4.69) is 4.98 Å². The molecule has 0 fully saturated rings. The van der Waals surface area contributed by atoms with Crippen molar-refractivity contribution in [3.63, 3.8) is 0 Å². The van der Waals surface area contributed by atoms with Crippen LogP contribution < -0.4 is 4.74 Å². The highest BCUT2D eigenvalue weighted by Gasteiger charge is 2.12. The first-order chi connectivity index (χ1) is 8.19. The molecule has 98 valence electrons. The summed E-state index contributed by atoms with van der Waals surface area (Å²) < 4.78 is 5.29. The van der Waals surface area contributed by atoms with Crippen LogP contribution in [0.3, 0.4) is 0 Å². The van der Waals surface area contributed by atoms with Crippen molar-refractivity contribution >= 4 is 46.5 Å². The zero-order valence-corrected chi connectivity index (χ0v) is 12.5. The van der Waals surface area contributed by atoms with E-state index < -0.39 is 0 Å². The van der Waals surface area contributed by atoms with Crippen molar-refractivity contribution < 1.29 is 4.74 Å². The first kappa shape index (κ1) is 15.4. The highest BCUT2D eigenvalue weighted by molar-refractivity contribution is 6.36. The quantitative estimate of drug-likeness (QED) is 0.784. The van der Waals surface area contributed by atoms with E-state index in [9.17, 15) is 0 Å². The molecule has 0 N–H and O–H groups in total. The number of aromatic nitrogens is 1. The van der Waals surface area contributed by atoms with Crippen molar-refractivity contribution in [3.8, 4) is 5.75 Å². The summed E-state index contributed by atoms with van der Waals surface area (Å²) in [7, 11) is 1.63. The Labute approximate surface area is 123 Å². The Morgan fingerprint density at radius 3 is 2.67 bits per heavy atom. The Kier molecular flexibility index (Phi) is 5.51. The van der Waals surface area contributed by atoms with Gasteiger partial charge in [0.05, 0.1) is 12.1 Å². The lowest BCUT2D eigenvalue weighted by Gasteiger charge is -2.11. The summed E-state index contributed by atoms with van der Waals surface area (Å²) in [5.74, 6) is 1.28. The molecule has 0 aliphatic carbocycles. The summed E-state index contributed by atoms with van der Waals surface area (Å²) in [6.45, 7) is 1.94. The van der Waals surface area contributed by atoms with Crippen LogP contribution in [-0.2, 0) is 6.42 Å². The van der Waals surface area contributed by atoms with Gasteiger partial charge >= 0.3 is 0 Å². The number of ether oxygens (including phenoxy) is 1. The number of aryl methyl sites for hydroxylation is 1. The predicted octanol–water partition coefficient (Wildman–Crippen LogP) is 4.41. The Morgan fingerprint density at radius 1 is 1.33 bits per heavy atom. The first-order valence-corrected chi connectivity index (χ1v) is 6.28. The van der Waals surface area contributed by atoms with Gasteiger partial charge in [0, 0.05) is 17.0 Å². The summed E-state index contributed by atoms with van der Waals surface area (Å²) in [4.78, 5) is 4.56. The number of methoxy groups -OCH3 is 1. The monoisotopic (exact) mass is 305 g/mol. The summed E-state index contributed by atoms with van der Waals surface area (Å²) in [6, 6.07) is 5.74. The largest absolute Gasteiger partial charge is 0.494 e. The third kappa shape index (κ3) is 2.66. The highest BCUT2D eigenvalue weighted by atomic mass is 35.5. The van der Waals surface area contributed by atoms with Crippen LogP contribution in [0.1, 0.15) is 11.3 Å². The second-order valence-corrected chi connectivity index (χ2v) is 4.54. The lowest BCUT2D eigenvalue weighted by molar-refractivity contribution is 0.419. The summed E-state index contributed by atoms with van der Waals surface area (Å²) in [6.07, 6.45) is 0.729. The van der Waals surface area contributed by atoms with Crippen LogP contribution in [0.15, 0.2) is 18.2 Å². The van der Waals surface area contributed by atoms with Crippen molar-refractivity contribution in [1.82, 2.24) is 4.98 Å². The Balaban J connectivity index is 0.00000162. The molecule has 0 atom stereocenters. The van der Waals surface area contributed by atoms with Crippen molar-refractivity contribution in [3.05, 3.63) is 34.5 Å². The molecule has 0 amide bonds. The van der Waals surface area contributed by atoms with Gasteiger partial charge in [0.15, 0.2) is 0 Å². The van der Waals surface area contributed by atoms with E-state index in [4.69, 9.17) is 27.9 Å². The second-order valence-electron chi connectivity index (χ2n) is 3.79. The average molecular weight is 307 g/mol. The number of pyridine rings is 1. The molecular formula is C13H14Cl3NO. The number of rotatable bonds is 3. The van der Waals surface area contributed by atoms with Crippen molar-refractivity contribution in [1.29, 1.82) is 0 Å². The number of fused-ring (bicyclic) bond motifs is 1. The van der Waals surface area contributed by atoms with Crippen LogP contribution in [-0.4, -0.2) is 18.0 Å². The molecule has 0 saturated carbocycles. The molecule has 18 heavy (non-hydrogen) atoms. The van der Waals surface area contributed by atoms with Crippen molar-refractivity contribution in [2.45, 2.75) is 13.3 Å². The molecule has 2 aromatic rings. The zero-order chi connectivity index (χ0) is 12.4. The standard InChI is InChI=1S/C13H13Cl2NO.ClH/c1-8-9(6-7-14)12(15)10-4-3-5-11(17-2)13(10)16-8;/h3-5H,6-7H2,1-2H3;1H. The van der Waals surface area contributed by atoms with E-state index in [0.29, 0.717) is 5.88 Å². The molecule has 0 spiro atoms. The fourth-order valence-corrected chi connectivity index (χ4v) is 2.49. The van der Waals surface area contributed by atoms with Crippen LogP contribution in [0, 0.1) is 6.92 Å². The maximum atomic E-state index is 6.40. The molecule has 1 aromatic heterocycles. The van der Waals surface area contributed by atoms with Crippen LogP contribution in [0.2, 0.25) is 5.02 Å². The number of hydrogen-bond donors (Lipinski definition) is 0. The van der Waals surface area contributed by atoms with E-state index in [1.807, 2.05) is 25.1 Å². The van der Waals surface area contributed by atoms with Crippen LogP contribution in [0.25, 0.3) is 10.9 Å². The lowest BCUT2D eigenvalue weighted by Crippen LogP contribution is -1.98. The molecule has 1 heterocycles. The lowest BCUT2D eigenvalue weighted by atomic mass is 10.1. The number of nitrogens with zero attached hydrogens (tertiary/aromatic N) is 1. The maximum Gasteiger partial charge on any atom is 0.145 e. The summed E-state index contributed by atoms with van der Waals surface area (Å²) >= 11 is 12.2. The molecule has 2 rings (SSSR count). The van der Waals surface area contributed by atoms with Gasteiger partial charge in [-0.15, -0.1) is 24.0 Å². The molecular weight excluding hydrogens is 293 g/mol. The van der Waals surface area contributed by atoms with E-state index in [1.165, 1.54) is 0 Å². The Hall–Kier alpha value is -0.700.